The van der Waals surface area contributed by atoms with Crippen LogP contribution in [0.3, 0.4) is 0 Å². The minimum atomic E-state index is -6.31. The van der Waals surface area contributed by atoms with Crippen LogP contribution in [0.2, 0.25) is 0 Å². The van der Waals surface area contributed by atoms with E-state index in [2.05, 4.69) is 4.90 Å². The molecular weight excluding hydrogens is 629 g/mol. The number of likely N-dealkylation sites (tertiary alicyclic amines) is 2. The van der Waals surface area contributed by atoms with Gasteiger partial charge in [0.2, 0.25) is 5.91 Å². The van der Waals surface area contributed by atoms with Crippen molar-refractivity contribution >= 4 is 15.7 Å². The van der Waals surface area contributed by atoms with Crippen LogP contribution in [0.4, 0.5) is 30.7 Å². The molecule has 0 radical (unpaired) electrons. The number of nitrogens with zero attached hydrogens (tertiary/aromatic N) is 2. The highest BCUT2D eigenvalue weighted by molar-refractivity contribution is 7.92. The summed E-state index contributed by atoms with van der Waals surface area (Å²) in [6.07, 6.45) is -11.7. The normalized spacial score (nSPS) is 25.5. The van der Waals surface area contributed by atoms with Crippen LogP contribution in [0.5, 0.6) is 0 Å². The number of sulfone groups is 1. The van der Waals surface area contributed by atoms with Crippen molar-refractivity contribution in [2.24, 2.45) is 5.92 Å². The molecule has 0 saturated carbocycles. The van der Waals surface area contributed by atoms with Gasteiger partial charge in [-0.25, -0.2) is 12.8 Å². The van der Waals surface area contributed by atoms with Crippen molar-refractivity contribution in [3.63, 3.8) is 0 Å². The smallest absolute Gasteiger partial charge is 0.378 e. The van der Waals surface area contributed by atoms with E-state index in [1.54, 1.807) is 24.0 Å². The molecule has 1 amide bonds. The molecule has 45 heavy (non-hydrogen) atoms. The number of piperidine rings is 1. The van der Waals surface area contributed by atoms with Crippen LogP contribution in [0.15, 0.2) is 47.4 Å². The standard InChI is InChI=1S/C31H33F7N2O4S/c1-19-2-6-24(7-3-19)45(42,43)28-12-15-40(27(41)20-10-13-39(14-11-20)23-17-44-18-23)26(28)9-4-21-16-22(5-8-25(21)28)29(32,30(33,34)35)31(36,37)38/h2-3,5-8,16,20,23,26H,4,9-15,17-18H2,1H3/t26-,28-/m0/s1. The number of fused-ring (bicyclic) bond motifs is 3. The van der Waals surface area contributed by atoms with Gasteiger partial charge in [0, 0.05) is 18.0 Å². The maximum absolute atomic E-state index is 15.1. The van der Waals surface area contributed by atoms with E-state index < -0.39 is 44.2 Å². The number of amides is 1. The summed E-state index contributed by atoms with van der Waals surface area (Å²) < 4.78 is 129. The van der Waals surface area contributed by atoms with Gasteiger partial charge in [-0.3, -0.25) is 9.69 Å². The van der Waals surface area contributed by atoms with Crippen LogP contribution in [0, 0.1) is 12.8 Å². The summed E-state index contributed by atoms with van der Waals surface area (Å²) in [5.74, 6) is -0.558. The maximum Gasteiger partial charge on any atom is 0.435 e. The fourth-order valence-corrected chi connectivity index (χ4v) is 9.97. The number of hydrogen-bond acceptors (Lipinski definition) is 5. The molecule has 246 valence electrons. The molecule has 6 nitrogen and oxygen atoms in total. The van der Waals surface area contributed by atoms with E-state index in [9.17, 15) is 39.6 Å². The first-order chi connectivity index (χ1) is 21.0. The van der Waals surface area contributed by atoms with Gasteiger partial charge in [-0.05, 0) is 75.4 Å². The third-order valence-corrected chi connectivity index (χ3v) is 12.7. The van der Waals surface area contributed by atoms with Crippen molar-refractivity contribution in [2.45, 2.75) is 78.8 Å². The predicted molar refractivity (Wildman–Crippen MR) is 149 cm³/mol. The largest absolute Gasteiger partial charge is 0.435 e. The molecule has 0 unspecified atom stereocenters. The van der Waals surface area contributed by atoms with E-state index in [-0.39, 0.29) is 53.7 Å². The van der Waals surface area contributed by atoms with Crippen molar-refractivity contribution in [1.82, 2.24) is 9.80 Å². The lowest BCUT2D eigenvalue weighted by atomic mass is 9.76. The van der Waals surface area contributed by atoms with E-state index in [0.29, 0.717) is 57.3 Å². The van der Waals surface area contributed by atoms with Crippen LogP contribution in [0.1, 0.15) is 47.9 Å². The topological polar surface area (TPSA) is 66.9 Å². The van der Waals surface area contributed by atoms with E-state index >= 15 is 4.39 Å². The number of benzene rings is 2. The number of hydrogen-bond donors (Lipinski definition) is 0. The van der Waals surface area contributed by atoms with Gasteiger partial charge in [0.05, 0.1) is 30.2 Å². The van der Waals surface area contributed by atoms with E-state index in [1.807, 2.05) is 0 Å². The summed E-state index contributed by atoms with van der Waals surface area (Å²) >= 11 is 0. The first-order valence-corrected chi connectivity index (χ1v) is 16.4. The second kappa shape index (κ2) is 10.9. The third-order valence-electron chi connectivity index (χ3n) is 10.2. The molecule has 3 aliphatic heterocycles. The molecule has 2 atom stereocenters. The molecule has 6 rings (SSSR count). The Labute approximate surface area is 256 Å². The highest BCUT2D eigenvalue weighted by Crippen LogP contribution is 2.57. The van der Waals surface area contributed by atoms with Crippen molar-refractivity contribution in [2.75, 3.05) is 32.8 Å². The van der Waals surface area contributed by atoms with Crippen LogP contribution < -0.4 is 0 Å². The summed E-state index contributed by atoms with van der Waals surface area (Å²) in [7, 11) is -4.36. The summed E-state index contributed by atoms with van der Waals surface area (Å²) in [5, 5.41) is 0. The number of carbonyl (C=O) groups is 1. The quantitative estimate of drug-likeness (QED) is 0.390. The van der Waals surface area contributed by atoms with Crippen LogP contribution in [0.25, 0.3) is 0 Å². The van der Waals surface area contributed by atoms with Gasteiger partial charge < -0.3 is 9.64 Å². The first kappa shape index (κ1) is 32.2. The van der Waals surface area contributed by atoms with Crippen molar-refractivity contribution in [1.29, 1.82) is 0 Å². The Morgan fingerprint density at radius 3 is 2.07 bits per heavy atom. The number of rotatable bonds is 5. The highest BCUT2D eigenvalue weighted by Gasteiger charge is 2.74. The Balaban J connectivity index is 1.41. The maximum atomic E-state index is 15.1. The number of alkyl halides is 7. The number of ether oxygens (including phenoxy) is 1. The molecule has 0 spiro atoms. The van der Waals surface area contributed by atoms with Gasteiger partial charge in [-0.1, -0.05) is 35.9 Å². The number of aryl methyl sites for hydroxylation is 2. The zero-order chi connectivity index (χ0) is 32.6. The van der Waals surface area contributed by atoms with Gasteiger partial charge in [-0.15, -0.1) is 0 Å². The highest BCUT2D eigenvalue weighted by atomic mass is 32.2. The molecule has 3 fully saturated rings. The summed E-state index contributed by atoms with van der Waals surface area (Å²) in [4.78, 5) is 17.7. The fourth-order valence-electron chi connectivity index (χ4n) is 7.60. The summed E-state index contributed by atoms with van der Waals surface area (Å²) in [6, 6.07) is 7.18. The second-order valence-electron chi connectivity index (χ2n) is 12.6. The lowest BCUT2D eigenvalue weighted by molar-refractivity contribution is -0.348. The minimum absolute atomic E-state index is 0.00452. The molecule has 0 N–H and O–H groups in total. The Hall–Kier alpha value is -2.71. The van der Waals surface area contributed by atoms with Gasteiger partial charge in [0.25, 0.3) is 0 Å². The predicted octanol–water partition coefficient (Wildman–Crippen LogP) is 5.61. The van der Waals surface area contributed by atoms with Crippen molar-refractivity contribution in [3.8, 4) is 0 Å². The third kappa shape index (κ3) is 4.88. The van der Waals surface area contributed by atoms with Gasteiger partial charge in [0.1, 0.15) is 4.75 Å². The average molecular weight is 663 g/mol. The number of carbonyl (C=O) groups excluding carboxylic acids is 1. The van der Waals surface area contributed by atoms with Crippen LogP contribution in [-0.4, -0.2) is 81.4 Å². The first-order valence-electron chi connectivity index (χ1n) is 14.9. The van der Waals surface area contributed by atoms with Crippen molar-refractivity contribution < 1.29 is 48.7 Å². The zero-order valence-corrected chi connectivity index (χ0v) is 25.2. The van der Waals surface area contributed by atoms with Crippen LogP contribution >= 0.6 is 0 Å². The fraction of sp³-hybridized carbons (Fsp3) is 0.581. The number of halogens is 7. The van der Waals surface area contributed by atoms with Gasteiger partial charge in [-0.2, -0.15) is 26.3 Å². The molecule has 0 aromatic heterocycles. The monoisotopic (exact) mass is 662 g/mol. The zero-order valence-electron chi connectivity index (χ0n) is 24.4. The Morgan fingerprint density at radius 2 is 1.51 bits per heavy atom. The Kier molecular flexibility index (Phi) is 7.83. The van der Waals surface area contributed by atoms with E-state index in [4.69, 9.17) is 4.74 Å². The Morgan fingerprint density at radius 1 is 0.889 bits per heavy atom. The molecule has 0 bridgehead atoms. The lowest BCUT2D eigenvalue weighted by Crippen LogP contribution is -2.55. The molecule has 3 heterocycles. The summed E-state index contributed by atoms with van der Waals surface area (Å²) in [6.45, 7) is 4.46. The average Bonchev–Trinajstić information content (AvgIpc) is 3.36. The van der Waals surface area contributed by atoms with E-state index in [0.717, 1.165) is 11.6 Å². The molecule has 4 aliphatic rings. The van der Waals surface area contributed by atoms with Gasteiger partial charge >= 0.3 is 18.0 Å². The van der Waals surface area contributed by atoms with Crippen molar-refractivity contribution in [3.05, 3.63) is 64.7 Å². The minimum Gasteiger partial charge on any atom is -0.378 e. The molecule has 14 heteroatoms. The Bertz CT molecular complexity index is 1550. The second-order valence-corrected chi connectivity index (χ2v) is 14.8. The molecular formula is C31H33F7N2O4S. The van der Waals surface area contributed by atoms with Crippen LogP contribution in [-0.2, 0) is 36.2 Å². The SMILES string of the molecule is Cc1ccc(S(=O)(=O)[C@]23CCN(C(=O)C4CCN(C5COC5)CC4)[C@H]2CCc2cc(C(F)(C(F)(F)F)C(F)(F)F)ccc23)cc1. The molecule has 3 saturated heterocycles. The molecule has 1 aliphatic carbocycles. The summed E-state index contributed by atoms with van der Waals surface area (Å²) in [5.41, 5.74) is -6.63. The molecule has 2 aromatic carbocycles. The molecule has 2 aromatic rings. The lowest BCUT2D eigenvalue weighted by Gasteiger charge is -2.45. The van der Waals surface area contributed by atoms with E-state index in [1.165, 1.54) is 12.1 Å². The van der Waals surface area contributed by atoms with Gasteiger partial charge in [0.15, 0.2) is 9.84 Å².